The summed E-state index contributed by atoms with van der Waals surface area (Å²) in [6, 6.07) is -1.84. The summed E-state index contributed by atoms with van der Waals surface area (Å²) in [5.41, 5.74) is -1.42. The summed E-state index contributed by atoms with van der Waals surface area (Å²) in [7, 11) is -3.47. The van der Waals surface area contributed by atoms with Crippen LogP contribution in [0, 0.1) is 22.7 Å². The fraction of sp³-hybridized carbons (Fsp3) is 0.889. The van der Waals surface area contributed by atoms with Crippen LogP contribution in [0.3, 0.4) is 0 Å². The first-order valence-corrected chi connectivity index (χ1v) is 15.0. The van der Waals surface area contributed by atoms with Crippen molar-refractivity contribution in [3.8, 4) is 0 Å². The molecule has 9 heteroatoms. The van der Waals surface area contributed by atoms with Gasteiger partial charge in [-0.05, 0) is 63.2 Å². The van der Waals surface area contributed by atoms with Gasteiger partial charge in [0.2, 0.25) is 5.91 Å². The Hall–Kier alpha value is -1.64. The number of nitrogens with one attached hydrogen (secondary N) is 2. The summed E-state index contributed by atoms with van der Waals surface area (Å²) < 4.78 is 25.3. The Balaban J connectivity index is 1.80. The second-order valence-electron chi connectivity index (χ2n) is 14.1. The first-order chi connectivity index (χ1) is 16.2. The zero-order valence-corrected chi connectivity index (χ0v) is 24.5. The van der Waals surface area contributed by atoms with Gasteiger partial charge < -0.3 is 15.5 Å². The molecule has 2 saturated carbocycles. The number of carbonyl (C=O) groups excluding carboxylic acids is 3. The molecule has 0 aromatic rings. The molecule has 1 heterocycles. The topological polar surface area (TPSA) is 113 Å². The van der Waals surface area contributed by atoms with E-state index in [-0.39, 0.29) is 34.7 Å². The molecule has 8 nitrogen and oxygen atoms in total. The van der Waals surface area contributed by atoms with Crippen molar-refractivity contribution in [2.24, 2.45) is 22.7 Å². The second-order valence-corrected chi connectivity index (χ2v) is 16.9. The van der Waals surface area contributed by atoms with Gasteiger partial charge in [0.25, 0.3) is 0 Å². The Bertz CT molecular complexity index is 999. The number of likely N-dealkylation sites (tertiary alicyclic amines) is 1. The van der Waals surface area contributed by atoms with Gasteiger partial charge in [0, 0.05) is 6.54 Å². The summed E-state index contributed by atoms with van der Waals surface area (Å²) in [6.07, 6.45) is 3.86. The van der Waals surface area contributed by atoms with Crippen LogP contribution in [0.25, 0.3) is 0 Å². The van der Waals surface area contributed by atoms with Crippen molar-refractivity contribution in [3.63, 3.8) is 0 Å². The van der Waals surface area contributed by atoms with Crippen molar-refractivity contribution < 1.29 is 22.8 Å². The van der Waals surface area contributed by atoms with Crippen molar-refractivity contribution in [3.05, 3.63) is 0 Å². The SMILES string of the molecule is CC(=O)[C@@H]1C2[C@H](CN1C(=O)[C@@H](NC(=O)NC1(CS(=O)(=O)C(C)(C)C)CCCCC1)C(C)(C)C)C2(C)C. The number of amides is 3. The highest BCUT2D eigenvalue weighted by Crippen LogP contribution is 2.65. The highest BCUT2D eigenvalue weighted by Gasteiger charge is 2.69. The average molecular weight is 526 g/mol. The lowest BCUT2D eigenvalue weighted by Gasteiger charge is -2.41. The summed E-state index contributed by atoms with van der Waals surface area (Å²) in [5.74, 6) is 0.0505. The lowest BCUT2D eigenvalue weighted by molar-refractivity contribution is -0.142. The number of hydrogen-bond acceptors (Lipinski definition) is 5. The van der Waals surface area contributed by atoms with Gasteiger partial charge in [-0.25, -0.2) is 13.2 Å². The fourth-order valence-electron chi connectivity index (χ4n) is 6.32. The zero-order valence-electron chi connectivity index (χ0n) is 23.7. The maximum atomic E-state index is 13.8. The van der Waals surface area contributed by atoms with Crippen molar-refractivity contribution in [1.82, 2.24) is 15.5 Å². The second kappa shape index (κ2) is 9.28. The molecular weight excluding hydrogens is 478 g/mol. The Labute approximate surface area is 217 Å². The van der Waals surface area contributed by atoms with Gasteiger partial charge in [0.15, 0.2) is 15.6 Å². The van der Waals surface area contributed by atoms with E-state index in [2.05, 4.69) is 24.5 Å². The van der Waals surface area contributed by atoms with Crippen LogP contribution in [0.5, 0.6) is 0 Å². The third-order valence-electron chi connectivity index (χ3n) is 8.89. The van der Waals surface area contributed by atoms with E-state index in [9.17, 15) is 22.8 Å². The number of carbonyl (C=O) groups is 3. The summed E-state index contributed by atoms with van der Waals surface area (Å²) in [4.78, 5) is 41.4. The van der Waals surface area contributed by atoms with E-state index in [1.54, 1.807) is 25.7 Å². The number of Topliss-reactive ketones (excluding diaryl/α,β-unsaturated/α-hetero) is 1. The lowest BCUT2D eigenvalue weighted by atomic mass is 9.83. The summed E-state index contributed by atoms with van der Waals surface area (Å²) in [6.45, 7) is 17.0. The maximum absolute atomic E-state index is 13.8. The molecule has 1 saturated heterocycles. The molecule has 1 aliphatic heterocycles. The van der Waals surface area contributed by atoms with Crippen LogP contribution < -0.4 is 10.6 Å². The van der Waals surface area contributed by atoms with E-state index in [1.807, 2.05) is 20.8 Å². The molecule has 3 aliphatic rings. The van der Waals surface area contributed by atoms with Crippen LogP contribution in [0.1, 0.15) is 94.4 Å². The molecule has 0 aromatic heterocycles. The molecule has 0 aromatic carbocycles. The first-order valence-electron chi connectivity index (χ1n) is 13.4. The van der Waals surface area contributed by atoms with Crippen LogP contribution >= 0.6 is 0 Å². The van der Waals surface area contributed by atoms with Gasteiger partial charge in [-0.3, -0.25) is 9.59 Å². The molecule has 3 fully saturated rings. The van der Waals surface area contributed by atoms with E-state index >= 15 is 0 Å². The van der Waals surface area contributed by atoms with E-state index in [0.717, 1.165) is 19.3 Å². The van der Waals surface area contributed by atoms with E-state index in [1.165, 1.54) is 6.92 Å². The van der Waals surface area contributed by atoms with Gasteiger partial charge in [-0.2, -0.15) is 0 Å². The molecule has 0 bridgehead atoms. The lowest BCUT2D eigenvalue weighted by Crippen LogP contribution is -2.63. The van der Waals surface area contributed by atoms with Gasteiger partial charge in [0.1, 0.15) is 6.04 Å². The number of fused-ring (bicyclic) bond motifs is 1. The molecular formula is C27H47N3O5S. The molecule has 3 amide bonds. The Morgan fingerprint density at radius 2 is 1.56 bits per heavy atom. The number of rotatable bonds is 6. The van der Waals surface area contributed by atoms with Crippen LogP contribution in [0.2, 0.25) is 0 Å². The van der Waals surface area contributed by atoms with Crippen LogP contribution in [-0.4, -0.2) is 65.7 Å². The molecule has 4 atom stereocenters. The van der Waals surface area contributed by atoms with Crippen LogP contribution in [0.15, 0.2) is 0 Å². The Morgan fingerprint density at radius 1 is 1.00 bits per heavy atom. The Morgan fingerprint density at radius 3 is 2.03 bits per heavy atom. The highest BCUT2D eigenvalue weighted by atomic mass is 32.2. The van der Waals surface area contributed by atoms with Crippen LogP contribution in [0.4, 0.5) is 4.79 Å². The number of piperidine rings is 1. The third-order valence-corrected chi connectivity index (χ3v) is 11.7. The number of urea groups is 1. The van der Waals surface area contributed by atoms with Crippen molar-refractivity contribution in [2.75, 3.05) is 12.3 Å². The standard InChI is InChI=1S/C27H47N3O5S/c1-17(31)20-19-18(26(19,8)9)15-30(20)22(32)21(24(2,3)4)28-23(33)29-27(13-11-10-12-14-27)16-36(34,35)25(5,6)7/h18-21H,10-16H2,1-9H3,(H2,28,29,33)/t18-,19?,20+,21+/m0/s1. The van der Waals surface area contributed by atoms with Crippen molar-refractivity contribution in [2.45, 2.75) is 117 Å². The number of ketones is 1. The fourth-order valence-corrected chi connectivity index (χ4v) is 7.84. The van der Waals surface area contributed by atoms with Crippen molar-refractivity contribution >= 4 is 27.6 Å². The largest absolute Gasteiger partial charge is 0.332 e. The monoisotopic (exact) mass is 525 g/mol. The molecule has 0 radical (unpaired) electrons. The molecule has 0 spiro atoms. The Kier molecular flexibility index (Phi) is 7.45. The first kappa shape index (κ1) is 28.9. The molecule has 2 N–H and O–H groups in total. The minimum Gasteiger partial charge on any atom is -0.332 e. The van der Waals surface area contributed by atoms with Crippen molar-refractivity contribution in [1.29, 1.82) is 0 Å². The van der Waals surface area contributed by atoms with Crippen LogP contribution in [-0.2, 0) is 19.4 Å². The minimum atomic E-state index is -3.47. The smallest absolute Gasteiger partial charge is 0.315 e. The normalized spacial score (nSPS) is 28.1. The minimum absolute atomic E-state index is 0.0212. The predicted octanol–water partition coefficient (Wildman–Crippen LogP) is 3.69. The summed E-state index contributed by atoms with van der Waals surface area (Å²) in [5, 5.41) is 5.90. The molecule has 36 heavy (non-hydrogen) atoms. The number of sulfone groups is 1. The molecule has 1 unspecified atom stereocenters. The van der Waals surface area contributed by atoms with E-state index < -0.39 is 43.7 Å². The third kappa shape index (κ3) is 5.46. The average Bonchev–Trinajstić information content (AvgIpc) is 3.06. The zero-order chi connectivity index (χ0) is 27.5. The van der Waals surface area contributed by atoms with E-state index in [0.29, 0.717) is 19.4 Å². The number of nitrogens with zero attached hydrogens (tertiary/aromatic N) is 1. The highest BCUT2D eigenvalue weighted by molar-refractivity contribution is 7.92. The maximum Gasteiger partial charge on any atom is 0.315 e. The molecule has 2 aliphatic carbocycles. The number of hydrogen-bond donors (Lipinski definition) is 2. The van der Waals surface area contributed by atoms with E-state index in [4.69, 9.17) is 0 Å². The van der Waals surface area contributed by atoms with Gasteiger partial charge >= 0.3 is 6.03 Å². The molecule has 3 rings (SSSR count). The quantitative estimate of drug-likeness (QED) is 0.549. The van der Waals surface area contributed by atoms with Gasteiger partial charge in [0.05, 0.1) is 22.1 Å². The molecule has 206 valence electrons. The predicted molar refractivity (Wildman–Crippen MR) is 141 cm³/mol. The van der Waals surface area contributed by atoms with Gasteiger partial charge in [-0.1, -0.05) is 53.9 Å². The summed E-state index contributed by atoms with van der Waals surface area (Å²) >= 11 is 0. The van der Waals surface area contributed by atoms with Gasteiger partial charge in [-0.15, -0.1) is 0 Å².